The van der Waals surface area contributed by atoms with Crippen LogP contribution in [0.15, 0.2) is 24.3 Å². The van der Waals surface area contributed by atoms with E-state index in [9.17, 15) is 0 Å². The number of hydrogen-bond acceptors (Lipinski definition) is 1. The third kappa shape index (κ3) is 19.9. The number of para-hydroxylation sites is 2. The maximum Gasteiger partial charge on any atom is 0.109 e. The third-order valence-electron chi connectivity index (χ3n) is 9.97. The Balaban J connectivity index is 1.46. The highest BCUT2D eigenvalue weighted by Gasteiger charge is 2.10. The lowest BCUT2D eigenvalue weighted by molar-refractivity contribution is 0.516. The van der Waals surface area contributed by atoms with Crippen LogP contribution in [0.2, 0.25) is 0 Å². The highest BCUT2D eigenvalue weighted by Crippen LogP contribution is 2.21. The van der Waals surface area contributed by atoms with Gasteiger partial charge in [0.1, 0.15) is 5.82 Å². The van der Waals surface area contributed by atoms with Gasteiger partial charge in [-0.1, -0.05) is 212 Å². The summed E-state index contributed by atoms with van der Waals surface area (Å²) in [5.41, 5.74) is 2.55. The van der Waals surface area contributed by atoms with Crippen molar-refractivity contribution in [2.24, 2.45) is 0 Å². The number of benzene rings is 1. The van der Waals surface area contributed by atoms with Crippen molar-refractivity contribution in [2.45, 2.75) is 226 Å². The van der Waals surface area contributed by atoms with E-state index in [1.165, 1.54) is 216 Å². The summed E-state index contributed by atoms with van der Waals surface area (Å²) in [6.07, 6.45) is 45.4. The lowest BCUT2D eigenvalue weighted by Gasteiger charge is -2.10. The van der Waals surface area contributed by atoms with Gasteiger partial charge in [0.2, 0.25) is 0 Å². The van der Waals surface area contributed by atoms with Crippen LogP contribution in [0, 0.1) is 0 Å². The topological polar surface area (TPSA) is 17.8 Å². The van der Waals surface area contributed by atoms with E-state index in [-0.39, 0.29) is 0 Å². The van der Waals surface area contributed by atoms with Gasteiger partial charge < -0.3 is 4.57 Å². The zero-order chi connectivity index (χ0) is 31.2. The first-order chi connectivity index (χ1) is 21.9. The van der Waals surface area contributed by atoms with E-state index < -0.39 is 0 Å². The van der Waals surface area contributed by atoms with Crippen molar-refractivity contribution in [2.75, 3.05) is 0 Å². The largest absolute Gasteiger partial charge is 0.328 e. The Morgan fingerprint density at radius 2 is 0.750 bits per heavy atom. The van der Waals surface area contributed by atoms with E-state index in [4.69, 9.17) is 4.98 Å². The molecule has 0 bridgehead atoms. The lowest BCUT2D eigenvalue weighted by atomic mass is 10.0. The van der Waals surface area contributed by atoms with E-state index in [0.717, 1.165) is 13.0 Å². The minimum atomic E-state index is 1.14. The van der Waals surface area contributed by atoms with Gasteiger partial charge in [-0.05, 0) is 25.0 Å². The van der Waals surface area contributed by atoms with Crippen molar-refractivity contribution in [1.82, 2.24) is 9.55 Å². The summed E-state index contributed by atoms with van der Waals surface area (Å²) in [4.78, 5) is 5.07. The molecule has 2 aromatic rings. The van der Waals surface area contributed by atoms with Crippen molar-refractivity contribution in [3.05, 3.63) is 30.1 Å². The molecule has 0 radical (unpaired) electrons. The molecule has 0 amide bonds. The molecular formula is C42H76N2. The first-order valence-corrected chi connectivity index (χ1v) is 20.3. The molecule has 1 aromatic carbocycles. The molecule has 0 aliphatic rings. The minimum Gasteiger partial charge on any atom is -0.328 e. The monoisotopic (exact) mass is 609 g/mol. The SMILES string of the molecule is CCCCCCCCCCCCCCCCCCc1nc2ccccc2n1CCCCCCCCCCCCCCCCC. The molecule has 44 heavy (non-hydrogen) atoms. The van der Waals surface area contributed by atoms with Crippen LogP contribution in [-0.2, 0) is 13.0 Å². The van der Waals surface area contributed by atoms with Crippen LogP contribution >= 0.6 is 0 Å². The summed E-state index contributed by atoms with van der Waals surface area (Å²) in [5, 5.41) is 0. The second-order valence-electron chi connectivity index (χ2n) is 14.2. The summed E-state index contributed by atoms with van der Waals surface area (Å²) >= 11 is 0. The Morgan fingerprint density at radius 1 is 0.409 bits per heavy atom. The summed E-state index contributed by atoms with van der Waals surface area (Å²) in [7, 11) is 0. The van der Waals surface area contributed by atoms with Gasteiger partial charge in [-0.25, -0.2) is 4.98 Å². The van der Waals surface area contributed by atoms with Crippen LogP contribution in [-0.4, -0.2) is 9.55 Å². The highest BCUT2D eigenvalue weighted by molar-refractivity contribution is 5.75. The molecule has 2 rings (SSSR count). The average Bonchev–Trinajstić information content (AvgIpc) is 3.39. The van der Waals surface area contributed by atoms with Gasteiger partial charge in [0.05, 0.1) is 11.0 Å². The van der Waals surface area contributed by atoms with Gasteiger partial charge in [-0.15, -0.1) is 0 Å². The Hall–Kier alpha value is -1.31. The van der Waals surface area contributed by atoms with Crippen molar-refractivity contribution >= 4 is 11.0 Å². The Bertz CT molecular complexity index is 868. The van der Waals surface area contributed by atoms with E-state index in [1.807, 2.05) is 0 Å². The standard InChI is InChI=1S/C42H76N2/c1-3-5-7-9-11-13-15-17-19-20-22-24-26-28-30-32-38-42-43-40-36-33-34-37-41(40)44(42)39-35-31-29-27-25-23-21-18-16-14-12-10-8-6-4-2/h33-34,36-37H,3-32,35,38-39H2,1-2H3. The maximum atomic E-state index is 5.07. The summed E-state index contributed by atoms with van der Waals surface area (Å²) in [5.74, 6) is 1.34. The molecule has 0 saturated carbocycles. The second kappa shape index (κ2) is 29.1. The summed E-state index contributed by atoms with van der Waals surface area (Å²) in [6, 6.07) is 8.82. The first-order valence-electron chi connectivity index (χ1n) is 20.3. The Labute approximate surface area is 276 Å². The lowest BCUT2D eigenvalue weighted by Crippen LogP contribution is -2.04. The molecule has 0 atom stereocenters. The first kappa shape index (κ1) is 38.9. The molecular weight excluding hydrogens is 532 g/mol. The number of fused-ring (bicyclic) bond motifs is 1. The quantitative estimate of drug-likeness (QED) is 0.0737. The molecule has 2 heteroatoms. The normalized spacial score (nSPS) is 11.7. The van der Waals surface area contributed by atoms with E-state index in [1.54, 1.807) is 0 Å². The van der Waals surface area contributed by atoms with Gasteiger partial charge in [0.25, 0.3) is 0 Å². The maximum absolute atomic E-state index is 5.07. The zero-order valence-corrected chi connectivity index (χ0v) is 30.0. The third-order valence-corrected chi connectivity index (χ3v) is 9.97. The molecule has 2 nitrogen and oxygen atoms in total. The van der Waals surface area contributed by atoms with Gasteiger partial charge in [0.15, 0.2) is 0 Å². The van der Waals surface area contributed by atoms with Gasteiger partial charge in [-0.2, -0.15) is 0 Å². The molecule has 0 unspecified atom stereocenters. The Morgan fingerprint density at radius 3 is 1.16 bits per heavy atom. The number of hydrogen-bond donors (Lipinski definition) is 0. The molecule has 0 spiro atoms. The van der Waals surface area contributed by atoms with E-state index in [2.05, 4.69) is 42.7 Å². The van der Waals surface area contributed by atoms with Crippen molar-refractivity contribution < 1.29 is 0 Å². The fraction of sp³-hybridized carbons (Fsp3) is 0.833. The molecule has 0 fully saturated rings. The molecule has 254 valence electrons. The molecule has 1 aromatic heterocycles. The van der Waals surface area contributed by atoms with Crippen molar-refractivity contribution in [3.63, 3.8) is 0 Å². The fourth-order valence-electron chi connectivity index (χ4n) is 7.04. The number of nitrogens with zero attached hydrogens (tertiary/aromatic N) is 2. The van der Waals surface area contributed by atoms with Gasteiger partial charge in [0, 0.05) is 13.0 Å². The molecule has 0 aliphatic carbocycles. The van der Waals surface area contributed by atoms with Crippen LogP contribution in [0.5, 0.6) is 0 Å². The van der Waals surface area contributed by atoms with E-state index in [0.29, 0.717) is 0 Å². The second-order valence-corrected chi connectivity index (χ2v) is 14.2. The van der Waals surface area contributed by atoms with Gasteiger partial charge >= 0.3 is 0 Å². The predicted octanol–water partition coefficient (Wildman–Crippen LogP) is 14.7. The number of imidazole rings is 1. The number of unbranched alkanes of at least 4 members (excludes halogenated alkanes) is 29. The van der Waals surface area contributed by atoms with Crippen LogP contribution < -0.4 is 0 Å². The van der Waals surface area contributed by atoms with Crippen molar-refractivity contribution in [1.29, 1.82) is 0 Å². The highest BCUT2D eigenvalue weighted by atomic mass is 15.1. The number of aromatic nitrogens is 2. The molecule has 0 N–H and O–H groups in total. The zero-order valence-electron chi connectivity index (χ0n) is 30.0. The molecule has 0 saturated heterocycles. The molecule has 1 heterocycles. The van der Waals surface area contributed by atoms with Crippen molar-refractivity contribution in [3.8, 4) is 0 Å². The number of aryl methyl sites for hydroxylation is 2. The van der Waals surface area contributed by atoms with E-state index >= 15 is 0 Å². The minimum absolute atomic E-state index is 1.14. The Kier molecular flexibility index (Phi) is 25.7. The number of rotatable bonds is 33. The average molecular weight is 609 g/mol. The molecule has 0 aliphatic heterocycles. The smallest absolute Gasteiger partial charge is 0.109 e. The summed E-state index contributed by atoms with van der Waals surface area (Å²) < 4.78 is 2.56. The van der Waals surface area contributed by atoms with Crippen LogP contribution in [0.1, 0.15) is 219 Å². The van der Waals surface area contributed by atoms with Crippen LogP contribution in [0.3, 0.4) is 0 Å². The van der Waals surface area contributed by atoms with Crippen LogP contribution in [0.25, 0.3) is 11.0 Å². The summed E-state index contributed by atoms with van der Waals surface area (Å²) in [6.45, 7) is 5.76. The van der Waals surface area contributed by atoms with Gasteiger partial charge in [-0.3, -0.25) is 0 Å². The predicted molar refractivity (Wildman–Crippen MR) is 198 cm³/mol. The fourth-order valence-corrected chi connectivity index (χ4v) is 7.04. The van der Waals surface area contributed by atoms with Crippen LogP contribution in [0.4, 0.5) is 0 Å².